The minimum atomic E-state index is -0.292. The highest BCUT2D eigenvalue weighted by Gasteiger charge is 2.05. The molecule has 1 aromatic heterocycles. The molecule has 3 nitrogen and oxygen atoms in total. The largest absolute Gasteiger partial charge is 0.487 e. The Morgan fingerprint density at radius 2 is 2.16 bits per heavy atom. The van der Waals surface area contributed by atoms with Crippen molar-refractivity contribution >= 4 is 15.9 Å². The predicted octanol–water partition coefficient (Wildman–Crippen LogP) is 4.08. The molecule has 0 radical (unpaired) electrons. The van der Waals surface area contributed by atoms with Crippen molar-refractivity contribution in [2.75, 3.05) is 0 Å². The molecule has 1 heterocycles. The van der Waals surface area contributed by atoms with E-state index in [1.165, 1.54) is 12.1 Å². The van der Waals surface area contributed by atoms with Crippen LogP contribution >= 0.6 is 15.9 Å². The van der Waals surface area contributed by atoms with Gasteiger partial charge in [-0.3, -0.25) is 4.68 Å². The Bertz CT molecular complexity index is 554. The lowest BCUT2D eigenvalue weighted by Gasteiger charge is -2.07. The molecule has 0 aliphatic heterocycles. The van der Waals surface area contributed by atoms with Crippen LogP contribution in [0.5, 0.6) is 5.75 Å². The molecule has 0 N–H and O–H groups in total. The minimum absolute atomic E-state index is 0.292. The molecule has 0 aliphatic carbocycles. The molecule has 0 saturated carbocycles. The van der Waals surface area contributed by atoms with Crippen LogP contribution in [0.15, 0.2) is 30.5 Å². The Morgan fingerprint density at radius 1 is 1.37 bits per heavy atom. The van der Waals surface area contributed by atoms with Gasteiger partial charge in [0.2, 0.25) is 0 Å². The first-order valence-corrected chi connectivity index (χ1v) is 7.23. The van der Waals surface area contributed by atoms with E-state index in [2.05, 4.69) is 34.9 Å². The van der Waals surface area contributed by atoms with Crippen molar-refractivity contribution in [2.45, 2.75) is 31.8 Å². The second kappa shape index (κ2) is 6.19. The fraction of sp³-hybridized carbons (Fsp3) is 0.357. The Morgan fingerprint density at radius 3 is 2.79 bits per heavy atom. The molecule has 2 rings (SSSR count). The Labute approximate surface area is 120 Å². The fourth-order valence-electron chi connectivity index (χ4n) is 1.68. The molecule has 102 valence electrons. The zero-order valence-corrected chi connectivity index (χ0v) is 12.5. The van der Waals surface area contributed by atoms with Crippen LogP contribution in [-0.4, -0.2) is 9.78 Å². The number of benzene rings is 1. The molecule has 0 atom stereocenters. The van der Waals surface area contributed by atoms with Crippen molar-refractivity contribution in [3.8, 4) is 5.75 Å². The molecule has 0 fully saturated rings. The second-order valence-corrected chi connectivity index (χ2v) is 5.16. The minimum Gasteiger partial charge on any atom is -0.487 e. The maximum Gasteiger partial charge on any atom is 0.132 e. The molecular formula is C14H16BrFN2O. The third-order valence-corrected chi connectivity index (χ3v) is 3.31. The van der Waals surface area contributed by atoms with Gasteiger partial charge in [-0.05, 0) is 37.6 Å². The zero-order chi connectivity index (χ0) is 13.8. The summed E-state index contributed by atoms with van der Waals surface area (Å²) in [5.41, 5.74) is 1.68. The van der Waals surface area contributed by atoms with Crippen molar-refractivity contribution in [3.05, 3.63) is 47.5 Å². The molecule has 5 heteroatoms. The number of halogens is 2. The standard InChI is InChI=1S/C14H16BrFN2O/c1-10(2)18-4-3-13(17-18)9-19-14-6-11(8-15)5-12(16)7-14/h3-7,10H,8-9H2,1-2H3. The molecule has 2 aromatic rings. The summed E-state index contributed by atoms with van der Waals surface area (Å²) < 4.78 is 20.8. The Hall–Kier alpha value is -1.36. The normalized spacial score (nSPS) is 11.0. The van der Waals surface area contributed by atoms with Crippen LogP contribution in [0.1, 0.15) is 31.1 Å². The van der Waals surface area contributed by atoms with E-state index in [1.807, 2.05) is 23.0 Å². The lowest BCUT2D eigenvalue weighted by molar-refractivity contribution is 0.297. The molecule has 0 saturated heterocycles. The fourth-order valence-corrected chi connectivity index (χ4v) is 2.00. The topological polar surface area (TPSA) is 27.1 Å². The predicted molar refractivity (Wildman–Crippen MR) is 76.0 cm³/mol. The summed E-state index contributed by atoms with van der Waals surface area (Å²) in [6.07, 6.45) is 1.92. The third kappa shape index (κ3) is 3.80. The van der Waals surface area contributed by atoms with Crippen molar-refractivity contribution in [3.63, 3.8) is 0 Å². The van der Waals surface area contributed by atoms with Crippen molar-refractivity contribution in [1.82, 2.24) is 9.78 Å². The number of alkyl halides is 1. The SMILES string of the molecule is CC(C)n1ccc(COc2cc(F)cc(CBr)c2)n1. The van der Waals surface area contributed by atoms with Crippen molar-refractivity contribution in [2.24, 2.45) is 0 Å². The number of rotatable bonds is 5. The summed E-state index contributed by atoms with van der Waals surface area (Å²) in [5.74, 6) is 0.230. The van der Waals surface area contributed by atoms with Gasteiger partial charge in [-0.15, -0.1) is 0 Å². The molecule has 0 bridgehead atoms. The van der Waals surface area contributed by atoms with Gasteiger partial charge in [-0.25, -0.2) is 4.39 Å². The summed E-state index contributed by atoms with van der Waals surface area (Å²) in [5, 5.41) is 4.98. The maximum atomic E-state index is 13.3. The molecule has 0 amide bonds. The lowest BCUT2D eigenvalue weighted by Crippen LogP contribution is -2.03. The molecular weight excluding hydrogens is 311 g/mol. The van der Waals surface area contributed by atoms with Gasteiger partial charge in [0.1, 0.15) is 18.2 Å². The van der Waals surface area contributed by atoms with Gasteiger partial charge in [0.25, 0.3) is 0 Å². The molecule has 19 heavy (non-hydrogen) atoms. The van der Waals surface area contributed by atoms with E-state index >= 15 is 0 Å². The highest BCUT2D eigenvalue weighted by atomic mass is 79.9. The number of hydrogen-bond acceptors (Lipinski definition) is 2. The summed E-state index contributed by atoms with van der Waals surface area (Å²) in [4.78, 5) is 0. The number of nitrogens with zero attached hydrogens (tertiary/aromatic N) is 2. The van der Waals surface area contributed by atoms with E-state index in [1.54, 1.807) is 0 Å². The van der Waals surface area contributed by atoms with E-state index in [0.29, 0.717) is 23.7 Å². The molecule has 0 unspecified atom stereocenters. The van der Waals surface area contributed by atoms with Gasteiger partial charge in [0.05, 0.1) is 5.69 Å². The van der Waals surface area contributed by atoms with E-state index in [9.17, 15) is 4.39 Å². The maximum absolute atomic E-state index is 13.3. The van der Waals surface area contributed by atoms with E-state index in [4.69, 9.17) is 4.74 Å². The molecule has 0 spiro atoms. The average Bonchev–Trinajstić information content (AvgIpc) is 2.84. The van der Waals surface area contributed by atoms with Gasteiger partial charge >= 0.3 is 0 Å². The second-order valence-electron chi connectivity index (χ2n) is 4.60. The third-order valence-electron chi connectivity index (χ3n) is 2.66. The van der Waals surface area contributed by atoms with Crippen molar-refractivity contribution < 1.29 is 9.13 Å². The first-order valence-electron chi connectivity index (χ1n) is 6.10. The first-order chi connectivity index (χ1) is 9.08. The quantitative estimate of drug-likeness (QED) is 0.774. The highest BCUT2D eigenvalue weighted by Crippen LogP contribution is 2.19. The van der Waals surface area contributed by atoms with Gasteiger partial charge in [-0.2, -0.15) is 5.10 Å². The van der Waals surface area contributed by atoms with Crippen molar-refractivity contribution in [1.29, 1.82) is 0 Å². The van der Waals surface area contributed by atoms with Crippen LogP contribution in [0.3, 0.4) is 0 Å². The molecule has 0 aliphatic rings. The number of hydrogen-bond donors (Lipinski definition) is 0. The number of aromatic nitrogens is 2. The molecule has 1 aromatic carbocycles. The van der Waals surface area contributed by atoms with Crippen LogP contribution in [0.2, 0.25) is 0 Å². The zero-order valence-electron chi connectivity index (χ0n) is 10.9. The van der Waals surface area contributed by atoms with Crippen LogP contribution in [0, 0.1) is 5.82 Å². The Kier molecular flexibility index (Phi) is 4.58. The van der Waals surface area contributed by atoms with Crippen LogP contribution < -0.4 is 4.74 Å². The average molecular weight is 327 g/mol. The monoisotopic (exact) mass is 326 g/mol. The summed E-state index contributed by atoms with van der Waals surface area (Å²) in [6, 6.07) is 6.91. The van der Waals surface area contributed by atoms with Gasteiger partial charge in [-0.1, -0.05) is 15.9 Å². The Balaban J connectivity index is 2.03. The highest BCUT2D eigenvalue weighted by molar-refractivity contribution is 9.08. The summed E-state index contributed by atoms with van der Waals surface area (Å²) >= 11 is 3.30. The van der Waals surface area contributed by atoms with Crippen LogP contribution in [0.25, 0.3) is 0 Å². The van der Waals surface area contributed by atoms with E-state index in [-0.39, 0.29) is 5.82 Å². The summed E-state index contributed by atoms with van der Waals surface area (Å²) in [6.45, 7) is 4.46. The smallest absolute Gasteiger partial charge is 0.132 e. The van der Waals surface area contributed by atoms with E-state index < -0.39 is 0 Å². The lowest BCUT2D eigenvalue weighted by atomic mass is 10.2. The van der Waals surface area contributed by atoms with Gasteiger partial charge in [0.15, 0.2) is 0 Å². The van der Waals surface area contributed by atoms with Gasteiger partial charge in [0, 0.05) is 23.6 Å². The van der Waals surface area contributed by atoms with Crippen LogP contribution in [-0.2, 0) is 11.9 Å². The number of ether oxygens (including phenoxy) is 1. The first kappa shape index (κ1) is 14.1. The van der Waals surface area contributed by atoms with Crippen LogP contribution in [0.4, 0.5) is 4.39 Å². The van der Waals surface area contributed by atoms with Gasteiger partial charge < -0.3 is 4.74 Å². The summed E-state index contributed by atoms with van der Waals surface area (Å²) in [7, 11) is 0. The van der Waals surface area contributed by atoms with E-state index in [0.717, 1.165) is 11.3 Å².